The van der Waals surface area contributed by atoms with E-state index in [0.29, 0.717) is 11.8 Å². The van der Waals surface area contributed by atoms with Crippen molar-refractivity contribution in [2.24, 2.45) is 5.73 Å². The molecule has 2 N–H and O–H groups in total. The van der Waals surface area contributed by atoms with Crippen LogP contribution in [0.5, 0.6) is 0 Å². The molecule has 0 aliphatic heterocycles. The number of amides is 1. The van der Waals surface area contributed by atoms with Gasteiger partial charge in [0.15, 0.2) is 0 Å². The van der Waals surface area contributed by atoms with Gasteiger partial charge >= 0.3 is 0 Å². The van der Waals surface area contributed by atoms with Crippen LogP contribution >= 0.6 is 24.8 Å². The van der Waals surface area contributed by atoms with Gasteiger partial charge in [0.25, 0.3) is 10.4 Å². The Morgan fingerprint density at radius 3 is 2.00 bits per heavy atom. The molecule has 14 heavy (non-hydrogen) atoms. The summed E-state index contributed by atoms with van der Waals surface area (Å²) in [7, 11) is 0. The van der Waals surface area contributed by atoms with Gasteiger partial charge in [-0.05, 0) is 33.0 Å². The zero-order chi connectivity index (χ0) is 11.6. The number of thiocarbonyl (C=S) groups is 1. The van der Waals surface area contributed by atoms with Gasteiger partial charge in [0, 0.05) is 13.1 Å². The van der Waals surface area contributed by atoms with E-state index in [-0.39, 0.29) is 0 Å². The summed E-state index contributed by atoms with van der Waals surface area (Å²) in [5, 5.41) is -0.0208. The number of hydrogen-bond donors (Lipinski definition) is 2. The van der Waals surface area contributed by atoms with Crippen LogP contribution in [0.25, 0.3) is 0 Å². The van der Waals surface area contributed by atoms with Gasteiger partial charge in [-0.3, -0.25) is 4.79 Å². The third kappa shape index (κ3) is 11.5. The van der Waals surface area contributed by atoms with E-state index >= 15 is 0 Å². The summed E-state index contributed by atoms with van der Waals surface area (Å²) in [5.74, 6) is 0. The Hall–Kier alpha value is -0.490. The van der Waals surface area contributed by atoms with Gasteiger partial charge in [-0.2, -0.15) is 0 Å². The zero-order valence-electron chi connectivity index (χ0n) is 8.82. The molecule has 1 amide bonds. The standard InChI is InChI=1S/C7H15NOS.CH3NOS/c1-4-8(5-2)7(10)9-6-3;2-1(3)4/h4-6H2,1-3H3;(H3,2,3,4). The predicted molar refractivity (Wildman–Crippen MR) is 65.7 cm³/mol. The fraction of sp³-hybridized carbons (Fsp3) is 0.750. The predicted octanol–water partition coefficient (Wildman–Crippen LogP) is 1.64. The molecule has 4 nitrogen and oxygen atoms in total. The molecule has 0 fully saturated rings. The van der Waals surface area contributed by atoms with Crippen molar-refractivity contribution in [3.8, 4) is 0 Å². The number of carbonyl (C=O) groups is 1. The molecular weight excluding hydrogens is 220 g/mol. The fourth-order valence-corrected chi connectivity index (χ4v) is 1.07. The van der Waals surface area contributed by atoms with Crippen LogP contribution < -0.4 is 5.73 Å². The zero-order valence-corrected chi connectivity index (χ0v) is 10.5. The second-order valence-corrected chi connectivity index (χ2v) is 3.00. The van der Waals surface area contributed by atoms with E-state index in [2.05, 4.69) is 32.2 Å². The molecule has 0 aromatic rings. The smallest absolute Gasteiger partial charge is 0.273 e. The lowest BCUT2D eigenvalue weighted by molar-refractivity contribution is 0.264. The van der Waals surface area contributed by atoms with Gasteiger partial charge < -0.3 is 15.4 Å². The number of thiol groups is 1. The van der Waals surface area contributed by atoms with Crippen molar-refractivity contribution in [3.63, 3.8) is 0 Å². The second-order valence-electron chi connectivity index (χ2n) is 2.21. The average molecular weight is 238 g/mol. The van der Waals surface area contributed by atoms with Crippen LogP contribution in [0.2, 0.25) is 0 Å². The number of nitrogens with two attached hydrogens (primary N) is 1. The Kier molecular flexibility index (Phi) is 12.1. The largest absolute Gasteiger partial charge is 0.471 e. The number of ether oxygens (including phenoxy) is 1. The highest BCUT2D eigenvalue weighted by atomic mass is 32.1. The van der Waals surface area contributed by atoms with Crippen molar-refractivity contribution in [2.45, 2.75) is 20.8 Å². The SMILES string of the molecule is CCOC(=S)N(CC)CC.NC(=O)S. The fourth-order valence-electron chi connectivity index (χ4n) is 0.697. The quantitative estimate of drug-likeness (QED) is 0.580. The van der Waals surface area contributed by atoms with Crippen molar-refractivity contribution in [1.82, 2.24) is 4.90 Å². The Morgan fingerprint density at radius 1 is 1.43 bits per heavy atom. The first-order valence-corrected chi connectivity index (χ1v) is 5.25. The molecule has 0 bridgehead atoms. The summed E-state index contributed by atoms with van der Waals surface area (Å²) in [4.78, 5) is 11.1. The molecule has 0 spiro atoms. The number of primary amides is 1. The number of carbonyl (C=O) groups excluding carboxylic acids is 1. The molecule has 0 aromatic carbocycles. The van der Waals surface area contributed by atoms with Crippen molar-refractivity contribution in [2.75, 3.05) is 19.7 Å². The molecule has 0 aliphatic rings. The summed E-state index contributed by atoms with van der Waals surface area (Å²) in [6.07, 6.45) is 0. The van der Waals surface area contributed by atoms with E-state index in [0.717, 1.165) is 13.1 Å². The van der Waals surface area contributed by atoms with Crippen molar-refractivity contribution in [3.05, 3.63) is 0 Å². The molecule has 0 radical (unpaired) electrons. The van der Waals surface area contributed by atoms with Crippen LogP contribution in [0.15, 0.2) is 0 Å². The molecule has 0 atom stereocenters. The third-order valence-electron chi connectivity index (χ3n) is 1.29. The summed E-state index contributed by atoms with van der Waals surface area (Å²) in [6.45, 7) is 8.58. The highest BCUT2D eigenvalue weighted by Gasteiger charge is 2.03. The minimum absolute atomic E-state index is 0.618. The summed E-state index contributed by atoms with van der Waals surface area (Å²) in [6, 6.07) is 0. The first-order chi connectivity index (χ1) is 6.49. The molecule has 0 aliphatic carbocycles. The maximum Gasteiger partial charge on any atom is 0.273 e. The molecule has 0 unspecified atom stereocenters. The minimum atomic E-state index is -0.639. The molecule has 0 saturated heterocycles. The number of rotatable bonds is 3. The highest BCUT2D eigenvalue weighted by Crippen LogP contribution is 1.92. The second kappa shape index (κ2) is 10.6. The normalized spacial score (nSPS) is 8.29. The van der Waals surface area contributed by atoms with E-state index in [9.17, 15) is 0 Å². The van der Waals surface area contributed by atoms with Crippen LogP contribution in [-0.4, -0.2) is 35.0 Å². The Morgan fingerprint density at radius 2 is 1.79 bits per heavy atom. The molecule has 0 aromatic heterocycles. The first kappa shape index (κ1) is 16.0. The van der Waals surface area contributed by atoms with E-state index in [1.54, 1.807) is 0 Å². The highest BCUT2D eigenvalue weighted by molar-refractivity contribution is 7.96. The third-order valence-corrected chi connectivity index (χ3v) is 1.67. The molecule has 0 heterocycles. The van der Waals surface area contributed by atoms with Gasteiger partial charge in [0.05, 0.1) is 6.61 Å². The summed E-state index contributed by atoms with van der Waals surface area (Å²) >= 11 is 8.08. The van der Waals surface area contributed by atoms with Crippen molar-refractivity contribution >= 4 is 35.3 Å². The van der Waals surface area contributed by atoms with Crippen LogP contribution in [0.4, 0.5) is 4.79 Å². The number of nitrogens with zero attached hydrogens (tertiary/aromatic N) is 1. The van der Waals surface area contributed by atoms with Crippen LogP contribution in [0, 0.1) is 0 Å². The van der Waals surface area contributed by atoms with Gasteiger partial charge in [-0.15, -0.1) is 0 Å². The van der Waals surface area contributed by atoms with Crippen LogP contribution in [0.1, 0.15) is 20.8 Å². The Labute approximate surface area is 96.2 Å². The van der Waals surface area contributed by atoms with Gasteiger partial charge in [0.1, 0.15) is 0 Å². The molecule has 6 heteroatoms. The van der Waals surface area contributed by atoms with Gasteiger partial charge in [-0.25, -0.2) is 0 Å². The Balaban J connectivity index is 0. The molecule has 84 valence electrons. The maximum absolute atomic E-state index is 9.09. The van der Waals surface area contributed by atoms with Crippen LogP contribution in [-0.2, 0) is 4.74 Å². The van der Waals surface area contributed by atoms with E-state index in [4.69, 9.17) is 21.7 Å². The summed E-state index contributed by atoms with van der Waals surface area (Å²) < 4.78 is 5.14. The minimum Gasteiger partial charge on any atom is -0.471 e. The topological polar surface area (TPSA) is 55.6 Å². The molecule has 0 rings (SSSR count). The van der Waals surface area contributed by atoms with E-state index in [1.807, 2.05) is 11.8 Å². The number of hydrogen-bond acceptors (Lipinski definition) is 3. The molecular formula is C8H18N2O2S2. The maximum atomic E-state index is 9.09. The van der Waals surface area contributed by atoms with E-state index < -0.39 is 5.24 Å². The summed E-state index contributed by atoms with van der Waals surface area (Å²) in [5.41, 5.74) is 4.34. The van der Waals surface area contributed by atoms with Gasteiger partial charge in [0.2, 0.25) is 0 Å². The van der Waals surface area contributed by atoms with Crippen LogP contribution in [0.3, 0.4) is 0 Å². The Bertz CT molecular complexity index is 169. The van der Waals surface area contributed by atoms with Gasteiger partial charge in [-0.1, -0.05) is 12.6 Å². The van der Waals surface area contributed by atoms with E-state index in [1.165, 1.54) is 0 Å². The van der Waals surface area contributed by atoms with Crippen molar-refractivity contribution in [1.29, 1.82) is 0 Å². The lowest BCUT2D eigenvalue weighted by Gasteiger charge is -2.20. The lowest BCUT2D eigenvalue weighted by atomic mass is 10.6. The van der Waals surface area contributed by atoms with Crippen molar-refractivity contribution < 1.29 is 9.53 Å². The first-order valence-electron chi connectivity index (χ1n) is 4.39. The average Bonchev–Trinajstić information content (AvgIpc) is 2.06. The lowest BCUT2D eigenvalue weighted by Crippen LogP contribution is -2.30. The monoisotopic (exact) mass is 238 g/mol. The molecule has 0 saturated carbocycles.